The molecule has 90 valence electrons. The van der Waals surface area contributed by atoms with Crippen LogP contribution in [0.25, 0.3) is 11.1 Å². The maximum atomic E-state index is 8.97. The van der Waals surface area contributed by atoms with E-state index >= 15 is 0 Å². The van der Waals surface area contributed by atoms with Crippen LogP contribution >= 0.6 is 0 Å². The molecule has 0 saturated heterocycles. The van der Waals surface area contributed by atoms with E-state index in [9.17, 15) is 0 Å². The quantitative estimate of drug-likeness (QED) is 0.699. The first-order chi connectivity index (χ1) is 8.11. The predicted octanol–water partition coefficient (Wildman–Crippen LogP) is 1.39. The minimum Gasteiger partial charge on any atom is -0.397 e. The Morgan fingerprint density at radius 3 is 2.65 bits per heavy atom. The Balaban J connectivity index is 2.52. The van der Waals surface area contributed by atoms with Gasteiger partial charge in [-0.15, -0.1) is 0 Å². The topological polar surface area (TPSA) is 77.2 Å². The first kappa shape index (κ1) is 11.5. The molecule has 0 spiro atoms. The normalized spacial score (nSPS) is 10.7. The third kappa shape index (κ3) is 2.26. The number of hydrogen-bond donors (Lipinski definition) is 3. The van der Waals surface area contributed by atoms with Gasteiger partial charge in [0, 0.05) is 37.2 Å². The van der Waals surface area contributed by atoms with E-state index in [0.29, 0.717) is 17.8 Å². The lowest BCUT2D eigenvalue weighted by atomic mass is 10.0. The molecule has 0 radical (unpaired) electrons. The second kappa shape index (κ2) is 4.51. The Bertz CT molecular complexity index is 531. The lowest BCUT2D eigenvalue weighted by Gasteiger charge is -2.10. The van der Waals surface area contributed by atoms with Crippen molar-refractivity contribution in [2.45, 2.75) is 6.42 Å². The smallest absolute Gasteiger partial charge is 0.0628 e. The SMILES string of the molecule is Cn1ccc(-c2cc(CCO)cc(N)c2N)c1. The van der Waals surface area contributed by atoms with Gasteiger partial charge in [0.1, 0.15) is 0 Å². The zero-order valence-electron chi connectivity index (χ0n) is 9.85. The van der Waals surface area contributed by atoms with Crippen LogP contribution in [0.3, 0.4) is 0 Å². The maximum Gasteiger partial charge on any atom is 0.0628 e. The molecule has 2 aromatic rings. The number of benzene rings is 1. The summed E-state index contributed by atoms with van der Waals surface area (Å²) in [6.07, 6.45) is 4.54. The molecule has 0 atom stereocenters. The molecule has 0 saturated carbocycles. The Kier molecular flexibility index (Phi) is 3.06. The third-order valence-corrected chi connectivity index (χ3v) is 2.82. The van der Waals surface area contributed by atoms with E-state index in [1.165, 1.54) is 0 Å². The summed E-state index contributed by atoms with van der Waals surface area (Å²) in [5, 5.41) is 8.97. The van der Waals surface area contributed by atoms with Gasteiger partial charge in [-0.1, -0.05) is 0 Å². The van der Waals surface area contributed by atoms with E-state index in [-0.39, 0.29) is 6.61 Å². The van der Waals surface area contributed by atoms with Gasteiger partial charge in [-0.25, -0.2) is 0 Å². The van der Waals surface area contributed by atoms with Gasteiger partial charge < -0.3 is 21.1 Å². The molecule has 1 heterocycles. The van der Waals surface area contributed by atoms with Crippen LogP contribution in [0.5, 0.6) is 0 Å². The van der Waals surface area contributed by atoms with Crippen LogP contribution in [0.2, 0.25) is 0 Å². The summed E-state index contributed by atoms with van der Waals surface area (Å²) in [6.45, 7) is 0.109. The van der Waals surface area contributed by atoms with Crippen molar-refractivity contribution in [2.75, 3.05) is 18.1 Å². The lowest BCUT2D eigenvalue weighted by molar-refractivity contribution is 0.299. The first-order valence-corrected chi connectivity index (χ1v) is 5.53. The van der Waals surface area contributed by atoms with E-state index in [1.807, 2.05) is 42.2 Å². The van der Waals surface area contributed by atoms with Gasteiger partial charge in [-0.3, -0.25) is 0 Å². The zero-order chi connectivity index (χ0) is 12.4. The number of rotatable bonds is 3. The van der Waals surface area contributed by atoms with E-state index < -0.39 is 0 Å². The summed E-state index contributed by atoms with van der Waals surface area (Å²) in [5.41, 5.74) is 16.0. The molecule has 0 unspecified atom stereocenters. The van der Waals surface area contributed by atoms with Crippen LogP contribution in [0.4, 0.5) is 11.4 Å². The Morgan fingerprint density at radius 1 is 1.29 bits per heavy atom. The maximum absolute atomic E-state index is 8.97. The average molecular weight is 231 g/mol. The van der Waals surface area contributed by atoms with Crippen LogP contribution in [0, 0.1) is 0 Å². The molecular weight excluding hydrogens is 214 g/mol. The molecule has 0 aliphatic carbocycles. The van der Waals surface area contributed by atoms with Crippen molar-refractivity contribution < 1.29 is 5.11 Å². The summed E-state index contributed by atoms with van der Waals surface area (Å²) in [5.74, 6) is 0. The van der Waals surface area contributed by atoms with Gasteiger partial charge in [-0.2, -0.15) is 0 Å². The molecule has 4 nitrogen and oxygen atoms in total. The summed E-state index contributed by atoms with van der Waals surface area (Å²) in [6, 6.07) is 5.79. The highest BCUT2D eigenvalue weighted by Gasteiger charge is 2.08. The summed E-state index contributed by atoms with van der Waals surface area (Å²) < 4.78 is 1.96. The highest BCUT2D eigenvalue weighted by Crippen LogP contribution is 2.32. The van der Waals surface area contributed by atoms with Crippen LogP contribution in [-0.4, -0.2) is 16.3 Å². The second-order valence-electron chi connectivity index (χ2n) is 4.19. The Morgan fingerprint density at radius 2 is 2.06 bits per heavy atom. The monoisotopic (exact) mass is 231 g/mol. The van der Waals surface area contributed by atoms with Gasteiger partial charge in [-0.05, 0) is 30.2 Å². The largest absolute Gasteiger partial charge is 0.397 e. The molecule has 0 bridgehead atoms. The molecule has 0 fully saturated rings. The number of nitrogen functional groups attached to an aromatic ring is 2. The number of nitrogens with zero attached hydrogens (tertiary/aromatic N) is 1. The number of aryl methyl sites for hydroxylation is 1. The van der Waals surface area contributed by atoms with Gasteiger partial charge in [0.05, 0.1) is 11.4 Å². The second-order valence-corrected chi connectivity index (χ2v) is 4.19. The fourth-order valence-corrected chi connectivity index (χ4v) is 1.91. The van der Waals surface area contributed by atoms with Crippen molar-refractivity contribution >= 4 is 11.4 Å². The number of aliphatic hydroxyl groups is 1. The number of aliphatic hydroxyl groups excluding tert-OH is 1. The summed E-state index contributed by atoms with van der Waals surface area (Å²) in [4.78, 5) is 0. The standard InChI is InChI=1S/C13H17N3O/c1-16-4-2-10(8-16)11-6-9(3-5-17)7-12(14)13(11)15/h2,4,6-8,17H,3,5,14-15H2,1H3. The number of nitrogens with two attached hydrogens (primary N) is 2. The third-order valence-electron chi connectivity index (χ3n) is 2.82. The molecule has 1 aromatic heterocycles. The molecule has 5 N–H and O–H groups in total. The minimum absolute atomic E-state index is 0.109. The number of aromatic nitrogens is 1. The van der Waals surface area contributed by atoms with E-state index in [4.69, 9.17) is 16.6 Å². The number of hydrogen-bond acceptors (Lipinski definition) is 3. The minimum atomic E-state index is 0.109. The zero-order valence-corrected chi connectivity index (χ0v) is 9.85. The molecule has 0 aliphatic rings. The molecule has 0 amide bonds. The average Bonchev–Trinajstić information content (AvgIpc) is 2.70. The van der Waals surface area contributed by atoms with Gasteiger partial charge in [0.15, 0.2) is 0 Å². The van der Waals surface area contributed by atoms with E-state index in [0.717, 1.165) is 16.7 Å². The van der Waals surface area contributed by atoms with Crippen LogP contribution in [0.1, 0.15) is 5.56 Å². The lowest BCUT2D eigenvalue weighted by Crippen LogP contribution is -2.00. The van der Waals surface area contributed by atoms with Gasteiger partial charge in [0.2, 0.25) is 0 Å². The summed E-state index contributed by atoms with van der Waals surface area (Å²) in [7, 11) is 1.96. The molecule has 4 heteroatoms. The highest BCUT2D eigenvalue weighted by atomic mass is 16.2. The molecular formula is C13H17N3O. The van der Waals surface area contributed by atoms with Gasteiger partial charge in [0.25, 0.3) is 0 Å². The predicted molar refractivity (Wildman–Crippen MR) is 70.5 cm³/mol. The van der Waals surface area contributed by atoms with Gasteiger partial charge >= 0.3 is 0 Å². The fraction of sp³-hybridized carbons (Fsp3) is 0.231. The Hall–Kier alpha value is -1.94. The molecule has 1 aromatic carbocycles. The van der Waals surface area contributed by atoms with E-state index in [2.05, 4.69) is 0 Å². The fourth-order valence-electron chi connectivity index (χ4n) is 1.91. The van der Waals surface area contributed by atoms with Crippen LogP contribution < -0.4 is 11.5 Å². The number of anilines is 2. The first-order valence-electron chi connectivity index (χ1n) is 5.53. The van der Waals surface area contributed by atoms with Crippen molar-refractivity contribution in [2.24, 2.45) is 7.05 Å². The van der Waals surface area contributed by atoms with Crippen molar-refractivity contribution in [3.05, 3.63) is 36.2 Å². The molecule has 0 aliphatic heterocycles. The van der Waals surface area contributed by atoms with Crippen molar-refractivity contribution in [1.29, 1.82) is 0 Å². The van der Waals surface area contributed by atoms with Crippen LogP contribution in [0.15, 0.2) is 30.6 Å². The van der Waals surface area contributed by atoms with Crippen molar-refractivity contribution in [3.8, 4) is 11.1 Å². The van der Waals surface area contributed by atoms with E-state index in [1.54, 1.807) is 0 Å². The Labute approximate surface area is 100 Å². The van der Waals surface area contributed by atoms with Crippen molar-refractivity contribution in [1.82, 2.24) is 4.57 Å². The summed E-state index contributed by atoms with van der Waals surface area (Å²) >= 11 is 0. The highest BCUT2D eigenvalue weighted by molar-refractivity contribution is 5.85. The van der Waals surface area contributed by atoms with Crippen molar-refractivity contribution in [3.63, 3.8) is 0 Å². The molecule has 17 heavy (non-hydrogen) atoms. The molecule has 2 rings (SSSR count). The van der Waals surface area contributed by atoms with Crippen LogP contribution in [-0.2, 0) is 13.5 Å².